The molecule has 2 N–H and O–H groups in total. The van der Waals surface area contributed by atoms with Crippen molar-refractivity contribution in [3.05, 3.63) is 64.9 Å². The first-order valence-electron chi connectivity index (χ1n) is 9.98. The molecule has 4 rings (SSSR count). The number of quaternary nitrogens is 1. The van der Waals surface area contributed by atoms with Gasteiger partial charge in [-0.05, 0) is 41.8 Å². The van der Waals surface area contributed by atoms with Crippen molar-refractivity contribution in [2.24, 2.45) is 5.14 Å². The van der Waals surface area contributed by atoms with Crippen LogP contribution in [0.3, 0.4) is 0 Å². The fourth-order valence-electron chi connectivity index (χ4n) is 4.23. The smallest absolute Gasteiger partial charge is 0.238 e. The van der Waals surface area contributed by atoms with E-state index in [1.54, 1.807) is 12.1 Å². The molecule has 29 heavy (non-hydrogen) atoms. The molecule has 7 nitrogen and oxygen atoms in total. The normalized spacial score (nSPS) is 21.6. The number of primary sulfonamides is 1. The number of rotatable bonds is 5. The van der Waals surface area contributed by atoms with Crippen molar-refractivity contribution in [1.29, 1.82) is 0 Å². The molecule has 1 saturated heterocycles. The molecule has 0 amide bonds. The second-order valence-corrected chi connectivity index (χ2v) is 9.41. The van der Waals surface area contributed by atoms with Crippen LogP contribution < -0.4 is 10.0 Å². The van der Waals surface area contributed by atoms with Crippen LogP contribution in [0, 0.1) is 5.21 Å². The summed E-state index contributed by atoms with van der Waals surface area (Å²) in [6.07, 6.45) is 1.67. The Morgan fingerprint density at radius 3 is 2.48 bits per heavy atom. The van der Waals surface area contributed by atoms with Crippen LogP contribution in [0.4, 0.5) is 5.69 Å². The van der Waals surface area contributed by atoms with Crippen LogP contribution >= 0.6 is 0 Å². The SMILES string of the molecule is NS(=O)(=O)c1ccc(N2CC[N+]([O-])(CCC3OCCc4ccccc43)CC2)cc1. The minimum absolute atomic E-state index is 0.00712. The average molecular weight is 418 g/mol. The lowest BCUT2D eigenvalue weighted by Crippen LogP contribution is -2.56. The van der Waals surface area contributed by atoms with Crippen molar-refractivity contribution in [3.63, 3.8) is 0 Å². The first kappa shape index (κ1) is 20.3. The van der Waals surface area contributed by atoms with Gasteiger partial charge in [-0.25, -0.2) is 13.6 Å². The zero-order valence-electron chi connectivity index (χ0n) is 16.4. The highest BCUT2D eigenvalue weighted by Gasteiger charge is 2.28. The highest BCUT2D eigenvalue weighted by molar-refractivity contribution is 7.89. The van der Waals surface area contributed by atoms with Crippen LogP contribution in [0.15, 0.2) is 53.4 Å². The standard InChI is InChI=1S/C21H27N3O4S/c22-29(26,27)19-7-5-18(6-8-19)23-11-14-24(25,15-12-23)13-9-21-20-4-2-1-3-17(20)10-16-28-21/h1-8,21H,9-16H2,(H2,22,26,27). The fourth-order valence-corrected chi connectivity index (χ4v) is 4.74. The third-order valence-electron chi connectivity index (χ3n) is 5.98. The zero-order valence-corrected chi connectivity index (χ0v) is 17.2. The Bertz CT molecular complexity index is 954. The molecule has 156 valence electrons. The van der Waals surface area contributed by atoms with Crippen molar-refractivity contribution in [3.8, 4) is 0 Å². The van der Waals surface area contributed by atoms with E-state index in [9.17, 15) is 13.6 Å². The zero-order chi connectivity index (χ0) is 20.5. The number of benzene rings is 2. The van der Waals surface area contributed by atoms with E-state index in [4.69, 9.17) is 9.88 Å². The quantitative estimate of drug-likeness (QED) is 0.594. The van der Waals surface area contributed by atoms with Gasteiger partial charge in [-0.15, -0.1) is 0 Å². The molecule has 0 bridgehead atoms. The Morgan fingerprint density at radius 1 is 1.10 bits per heavy atom. The Hall–Kier alpha value is -1.97. The van der Waals surface area contributed by atoms with Gasteiger partial charge in [0, 0.05) is 12.1 Å². The van der Waals surface area contributed by atoms with E-state index in [2.05, 4.69) is 23.1 Å². The Labute approximate surface area is 171 Å². The van der Waals surface area contributed by atoms with Gasteiger partial charge >= 0.3 is 0 Å². The lowest BCUT2D eigenvalue weighted by molar-refractivity contribution is -0.881. The van der Waals surface area contributed by atoms with E-state index in [1.165, 1.54) is 23.3 Å². The number of ether oxygens (including phenoxy) is 1. The lowest BCUT2D eigenvalue weighted by atomic mass is 9.95. The van der Waals surface area contributed by atoms with Gasteiger partial charge in [-0.2, -0.15) is 0 Å². The largest absolute Gasteiger partial charge is 0.633 e. The molecular weight excluding hydrogens is 390 g/mol. The highest BCUT2D eigenvalue weighted by atomic mass is 32.2. The highest BCUT2D eigenvalue weighted by Crippen LogP contribution is 2.31. The maximum atomic E-state index is 13.2. The number of anilines is 1. The molecule has 1 unspecified atom stereocenters. The number of hydroxylamine groups is 3. The summed E-state index contributed by atoms with van der Waals surface area (Å²) >= 11 is 0. The second-order valence-electron chi connectivity index (χ2n) is 7.85. The van der Waals surface area contributed by atoms with Gasteiger partial charge in [0.25, 0.3) is 0 Å². The number of hydrogen-bond donors (Lipinski definition) is 1. The van der Waals surface area contributed by atoms with Gasteiger partial charge in [-0.3, -0.25) is 0 Å². The molecule has 2 aliphatic rings. The van der Waals surface area contributed by atoms with E-state index >= 15 is 0 Å². The molecule has 8 heteroatoms. The van der Waals surface area contributed by atoms with Crippen LogP contribution in [-0.4, -0.2) is 52.4 Å². The van der Waals surface area contributed by atoms with Crippen molar-refractivity contribution in [2.45, 2.75) is 23.8 Å². The van der Waals surface area contributed by atoms with Gasteiger partial charge in [-0.1, -0.05) is 24.3 Å². The van der Waals surface area contributed by atoms with E-state index in [1.807, 2.05) is 6.07 Å². The van der Waals surface area contributed by atoms with E-state index in [0.717, 1.165) is 18.5 Å². The van der Waals surface area contributed by atoms with Crippen LogP contribution in [0.1, 0.15) is 23.7 Å². The number of nitrogens with two attached hydrogens (primary N) is 1. The summed E-state index contributed by atoms with van der Waals surface area (Å²) < 4.78 is 28.5. The Kier molecular flexibility index (Phi) is 5.63. The molecule has 0 aliphatic carbocycles. The molecule has 2 aromatic carbocycles. The Balaban J connectivity index is 1.34. The van der Waals surface area contributed by atoms with Crippen molar-refractivity contribution < 1.29 is 17.8 Å². The first-order chi connectivity index (χ1) is 13.8. The number of nitrogens with zero attached hydrogens (tertiary/aromatic N) is 2. The minimum atomic E-state index is -3.69. The molecule has 2 aromatic rings. The van der Waals surface area contributed by atoms with Gasteiger partial charge in [0.05, 0.1) is 50.3 Å². The van der Waals surface area contributed by atoms with E-state index < -0.39 is 10.0 Å². The monoisotopic (exact) mass is 417 g/mol. The van der Waals surface area contributed by atoms with Crippen LogP contribution in [0.5, 0.6) is 0 Å². The van der Waals surface area contributed by atoms with E-state index in [0.29, 0.717) is 39.3 Å². The average Bonchev–Trinajstić information content (AvgIpc) is 2.72. The number of piperazine rings is 1. The summed E-state index contributed by atoms with van der Waals surface area (Å²) in [5.41, 5.74) is 3.46. The maximum Gasteiger partial charge on any atom is 0.238 e. The third kappa shape index (κ3) is 4.62. The summed E-state index contributed by atoms with van der Waals surface area (Å²) in [7, 11) is -3.69. The fraction of sp³-hybridized carbons (Fsp3) is 0.429. The first-order valence-corrected chi connectivity index (χ1v) is 11.5. The van der Waals surface area contributed by atoms with Crippen molar-refractivity contribution in [1.82, 2.24) is 0 Å². The van der Waals surface area contributed by atoms with E-state index in [-0.39, 0.29) is 15.6 Å². The molecule has 0 saturated carbocycles. The predicted molar refractivity (Wildman–Crippen MR) is 112 cm³/mol. The number of fused-ring (bicyclic) bond motifs is 1. The molecular formula is C21H27N3O4S. The maximum absolute atomic E-state index is 13.2. The van der Waals surface area contributed by atoms with Gasteiger partial charge in [0.2, 0.25) is 10.0 Å². The molecule has 2 aliphatic heterocycles. The summed E-state index contributed by atoms with van der Waals surface area (Å²) in [4.78, 5) is 2.22. The number of sulfonamides is 1. The minimum Gasteiger partial charge on any atom is -0.633 e. The molecule has 0 spiro atoms. The molecule has 1 atom stereocenters. The molecule has 2 heterocycles. The van der Waals surface area contributed by atoms with Gasteiger partial charge in [0.1, 0.15) is 0 Å². The second kappa shape index (κ2) is 8.04. The van der Waals surface area contributed by atoms with Crippen molar-refractivity contribution in [2.75, 3.05) is 44.2 Å². The Morgan fingerprint density at radius 2 is 1.79 bits per heavy atom. The van der Waals surface area contributed by atoms with Gasteiger partial charge < -0.3 is 19.5 Å². The summed E-state index contributed by atoms with van der Waals surface area (Å²) in [5.74, 6) is 0. The molecule has 0 radical (unpaired) electrons. The lowest BCUT2D eigenvalue weighted by Gasteiger charge is -2.49. The topological polar surface area (TPSA) is 95.7 Å². The molecule has 1 fully saturated rings. The summed E-state index contributed by atoms with van der Waals surface area (Å²) in [6, 6.07) is 14.9. The van der Waals surface area contributed by atoms with Crippen molar-refractivity contribution >= 4 is 15.7 Å². The summed E-state index contributed by atoms with van der Waals surface area (Å²) in [5, 5.41) is 18.3. The number of hydrogen-bond acceptors (Lipinski definition) is 5. The van der Waals surface area contributed by atoms with Crippen LogP contribution in [0.25, 0.3) is 0 Å². The van der Waals surface area contributed by atoms with Crippen LogP contribution in [0.2, 0.25) is 0 Å². The van der Waals surface area contributed by atoms with Gasteiger partial charge in [0.15, 0.2) is 0 Å². The summed E-state index contributed by atoms with van der Waals surface area (Å²) in [6.45, 7) is 3.54. The molecule has 0 aromatic heterocycles. The van der Waals surface area contributed by atoms with Crippen LogP contribution in [-0.2, 0) is 21.2 Å². The predicted octanol–water partition coefficient (Wildman–Crippen LogP) is 2.17. The third-order valence-corrected chi connectivity index (χ3v) is 6.91.